The minimum absolute atomic E-state index is 0.356. The summed E-state index contributed by atoms with van der Waals surface area (Å²) in [5.74, 6) is 2.92. The Kier molecular flexibility index (Phi) is 7.27. The quantitative estimate of drug-likeness (QED) is 0.575. The molecule has 0 spiro atoms. The maximum Gasteiger partial charge on any atom is 0.213 e. The molecule has 25 heavy (non-hydrogen) atoms. The summed E-state index contributed by atoms with van der Waals surface area (Å²) in [6.45, 7) is 4.58. The number of hydrogen-bond acceptors (Lipinski definition) is 4. The van der Waals surface area contributed by atoms with E-state index in [1.165, 1.54) is 31.4 Å². The molecular weight excluding hydrogens is 332 g/mol. The van der Waals surface area contributed by atoms with Gasteiger partial charge in [0.1, 0.15) is 6.10 Å². The molecule has 1 atom stereocenters. The number of thioether (sulfide) groups is 1. The van der Waals surface area contributed by atoms with Gasteiger partial charge in [-0.15, -0.1) is 0 Å². The largest absolute Gasteiger partial charge is 0.474 e. The molecule has 2 N–H and O–H groups in total. The molecule has 1 aromatic heterocycles. The Morgan fingerprint density at radius 3 is 2.80 bits per heavy atom. The van der Waals surface area contributed by atoms with Gasteiger partial charge in [0.05, 0.1) is 6.54 Å². The summed E-state index contributed by atoms with van der Waals surface area (Å²) >= 11 is 2.06. The number of rotatable bonds is 7. The molecule has 2 aliphatic rings. The Balaban J connectivity index is 1.48. The van der Waals surface area contributed by atoms with E-state index in [4.69, 9.17) is 4.74 Å². The van der Waals surface area contributed by atoms with Crippen molar-refractivity contribution >= 4 is 17.7 Å². The molecule has 1 aliphatic heterocycles. The van der Waals surface area contributed by atoms with E-state index in [0.29, 0.717) is 12.6 Å². The maximum atomic E-state index is 5.92. The summed E-state index contributed by atoms with van der Waals surface area (Å²) in [5.41, 5.74) is 1.10. The van der Waals surface area contributed by atoms with Gasteiger partial charge in [-0.2, -0.15) is 11.8 Å². The van der Waals surface area contributed by atoms with E-state index in [2.05, 4.69) is 45.4 Å². The molecule has 1 unspecified atom stereocenters. The average molecular weight is 363 g/mol. The first kappa shape index (κ1) is 18.4. The lowest BCUT2D eigenvalue weighted by Crippen LogP contribution is -2.40. The smallest absolute Gasteiger partial charge is 0.213 e. The summed E-state index contributed by atoms with van der Waals surface area (Å²) in [4.78, 5) is 9.12. The zero-order valence-corrected chi connectivity index (χ0v) is 16.0. The van der Waals surface area contributed by atoms with E-state index in [9.17, 15) is 0 Å². The van der Waals surface area contributed by atoms with Crippen molar-refractivity contribution in [1.29, 1.82) is 0 Å². The van der Waals surface area contributed by atoms with E-state index in [-0.39, 0.29) is 0 Å². The predicted molar refractivity (Wildman–Crippen MR) is 105 cm³/mol. The molecule has 1 aliphatic carbocycles. The number of hydrogen-bond donors (Lipinski definition) is 2. The number of guanidine groups is 1. The maximum absolute atomic E-state index is 5.92. The average Bonchev–Trinajstić information content (AvgIpc) is 3.32. The molecule has 5 nitrogen and oxygen atoms in total. The highest BCUT2D eigenvalue weighted by Gasteiger charge is 2.17. The van der Waals surface area contributed by atoms with Gasteiger partial charge in [-0.25, -0.2) is 9.98 Å². The Morgan fingerprint density at radius 1 is 1.24 bits per heavy atom. The van der Waals surface area contributed by atoms with Crippen molar-refractivity contribution in [2.75, 3.05) is 18.8 Å². The van der Waals surface area contributed by atoms with Crippen LogP contribution in [0.2, 0.25) is 0 Å². The molecule has 3 rings (SSSR count). The third kappa shape index (κ3) is 6.10. The normalized spacial score (nSPS) is 21.5. The van der Waals surface area contributed by atoms with Crippen LogP contribution in [-0.4, -0.2) is 41.1 Å². The summed E-state index contributed by atoms with van der Waals surface area (Å²) in [6, 6.07) is 4.04. The number of nitrogens with zero attached hydrogens (tertiary/aromatic N) is 2. The van der Waals surface area contributed by atoms with Crippen molar-refractivity contribution in [3.05, 3.63) is 23.9 Å². The van der Waals surface area contributed by atoms with Crippen molar-refractivity contribution < 1.29 is 4.74 Å². The topological polar surface area (TPSA) is 58.5 Å². The lowest BCUT2D eigenvalue weighted by atomic mass is 10.2. The number of aromatic nitrogens is 1. The van der Waals surface area contributed by atoms with E-state index in [1.54, 1.807) is 0 Å². The lowest BCUT2D eigenvalue weighted by Gasteiger charge is -2.14. The molecule has 0 aromatic carbocycles. The summed E-state index contributed by atoms with van der Waals surface area (Å²) in [7, 11) is 0. The van der Waals surface area contributed by atoms with Crippen molar-refractivity contribution in [1.82, 2.24) is 15.6 Å². The van der Waals surface area contributed by atoms with Crippen LogP contribution in [0, 0.1) is 0 Å². The Morgan fingerprint density at radius 2 is 2.12 bits per heavy atom. The van der Waals surface area contributed by atoms with Gasteiger partial charge in [-0.3, -0.25) is 0 Å². The van der Waals surface area contributed by atoms with Crippen LogP contribution in [0.1, 0.15) is 51.0 Å². The van der Waals surface area contributed by atoms with Crippen LogP contribution in [0.3, 0.4) is 0 Å². The molecule has 2 fully saturated rings. The van der Waals surface area contributed by atoms with Crippen LogP contribution in [0.15, 0.2) is 23.3 Å². The van der Waals surface area contributed by atoms with Crippen LogP contribution in [0.5, 0.6) is 5.88 Å². The third-order valence-corrected chi connectivity index (χ3v) is 6.07. The van der Waals surface area contributed by atoms with Gasteiger partial charge in [-0.05, 0) is 56.8 Å². The number of aliphatic imine (C=N–C) groups is 1. The van der Waals surface area contributed by atoms with Crippen molar-refractivity contribution in [3.8, 4) is 5.88 Å². The molecule has 0 radical (unpaired) electrons. The second-order valence-electron chi connectivity index (χ2n) is 6.74. The summed E-state index contributed by atoms with van der Waals surface area (Å²) in [6.07, 6.45) is 9.75. The number of nitrogens with one attached hydrogen (secondary N) is 2. The molecule has 6 heteroatoms. The highest BCUT2D eigenvalue weighted by molar-refractivity contribution is 8.00. The van der Waals surface area contributed by atoms with Gasteiger partial charge >= 0.3 is 0 Å². The van der Waals surface area contributed by atoms with Gasteiger partial charge in [0.15, 0.2) is 5.96 Å². The fourth-order valence-corrected chi connectivity index (χ4v) is 4.48. The van der Waals surface area contributed by atoms with E-state index in [0.717, 1.165) is 48.6 Å². The zero-order valence-electron chi connectivity index (χ0n) is 15.2. The first-order valence-electron chi connectivity index (χ1n) is 9.59. The molecule has 1 aromatic rings. The molecule has 0 bridgehead atoms. The lowest BCUT2D eigenvalue weighted by molar-refractivity contribution is 0.201. The zero-order chi connectivity index (χ0) is 17.3. The third-order valence-electron chi connectivity index (χ3n) is 4.67. The minimum Gasteiger partial charge on any atom is -0.474 e. The van der Waals surface area contributed by atoms with Gasteiger partial charge in [0.25, 0.3) is 0 Å². The minimum atomic E-state index is 0.356. The van der Waals surface area contributed by atoms with Gasteiger partial charge < -0.3 is 15.4 Å². The van der Waals surface area contributed by atoms with Gasteiger partial charge in [-0.1, -0.05) is 6.07 Å². The second kappa shape index (κ2) is 9.90. The highest BCUT2D eigenvalue weighted by atomic mass is 32.2. The second-order valence-corrected chi connectivity index (χ2v) is 8.15. The molecule has 138 valence electrons. The Bertz CT molecular complexity index is 537. The van der Waals surface area contributed by atoms with Gasteiger partial charge in [0.2, 0.25) is 5.88 Å². The highest BCUT2D eigenvalue weighted by Crippen LogP contribution is 2.25. The van der Waals surface area contributed by atoms with Crippen LogP contribution < -0.4 is 15.4 Å². The van der Waals surface area contributed by atoms with Crippen LogP contribution in [0.25, 0.3) is 0 Å². The number of pyridine rings is 1. The van der Waals surface area contributed by atoms with Crippen molar-refractivity contribution in [3.63, 3.8) is 0 Å². The predicted octanol–water partition coefficient (Wildman–Crippen LogP) is 3.35. The molecule has 2 heterocycles. The first-order chi connectivity index (χ1) is 12.3. The summed E-state index contributed by atoms with van der Waals surface area (Å²) < 4.78 is 5.92. The molecule has 1 saturated carbocycles. The number of ether oxygens (including phenoxy) is 1. The van der Waals surface area contributed by atoms with Crippen molar-refractivity contribution in [2.24, 2.45) is 4.99 Å². The van der Waals surface area contributed by atoms with Crippen LogP contribution in [-0.2, 0) is 6.54 Å². The summed E-state index contributed by atoms with van der Waals surface area (Å²) in [5, 5.41) is 7.51. The monoisotopic (exact) mass is 362 g/mol. The van der Waals surface area contributed by atoms with Crippen LogP contribution in [0.4, 0.5) is 0 Å². The SMILES string of the molecule is CCNC(=NCc1ccc(OC2CCCC2)nc1)NCC1CCCS1. The fourth-order valence-electron chi connectivity index (χ4n) is 3.28. The molecule has 0 amide bonds. The molecular formula is C19H30N4OS. The van der Waals surface area contributed by atoms with E-state index >= 15 is 0 Å². The van der Waals surface area contributed by atoms with E-state index < -0.39 is 0 Å². The Labute approximate surface area is 155 Å². The molecule has 1 saturated heterocycles. The van der Waals surface area contributed by atoms with E-state index in [1.807, 2.05) is 12.3 Å². The fraction of sp³-hybridized carbons (Fsp3) is 0.684. The van der Waals surface area contributed by atoms with Crippen LogP contribution >= 0.6 is 11.8 Å². The standard InChI is InChI=1S/C19H30N4OS/c1-2-20-19(23-14-17-8-5-11-25-17)22-13-15-9-10-18(21-12-15)24-16-6-3-4-7-16/h9-10,12,16-17H,2-8,11,13-14H2,1H3,(H2,20,22,23). The van der Waals surface area contributed by atoms with Gasteiger partial charge in [0, 0.05) is 30.6 Å². The van der Waals surface area contributed by atoms with Crippen molar-refractivity contribution in [2.45, 2.75) is 63.3 Å². The Hall–Kier alpha value is -1.43. The first-order valence-corrected chi connectivity index (χ1v) is 10.6.